The van der Waals surface area contributed by atoms with Crippen LogP contribution >= 0.6 is 11.6 Å². The fourth-order valence-electron chi connectivity index (χ4n) is 3.20. The molecule has 1 saturated carbocycles. The van der Waals surface area contributed by atoms with Gasteiger partial charge in [-0.2, -0.15) is 0 Å². The third-order valence-electron chi connectivity index (χ3n) is 4.44. The van der Waals surface area contributed by atoms with E-state index >= 15 is 0 Å². The van der Waals surface area contributed by atoms with E-state index in [1.54, 1.807) is 6.07 Å². The Morgan fingerprint density at radius 1 is 1.30 bits per heavy atom. The Bertz CT molecular complexity index is 430. The van der Waals surface area contributed by atoms with Crippen molar-refractivity contribution in [3.8, 4) is 0 Å². The monoisotopic (exact) mass is 298 g/mol. The Labute approximate surface area is 126 Å². The zero-order valence-electron chi connectivity index (χ0n) is 12.1. The molecule has 2 N–H and O–H groups in total. The Kier molecular flexibility index (Phi) is 5.82. The van der Waals surface area contributed by atoms with E-state index in [1.165, 1.54) is 50.7 Å². The quantitative estimate of drug-likeness (QED) is 0.847. The number of rotatable bonds is 4. The van der Waals surface area contributed by atoms with Crippen LogP contribution in [0, 0.1) is 5.82 Å². The van der Waals surface area contributed by atoms with Crippen LogP contribution in [-0.4, -0.2) is 24.5 Å². The number of hydrogen-bond donors (Lipinski definition) is 1. The van der Waals surface area contributed by atoms with Gasteiger partial charge in [0.25, 0.3) is 0 Å². The van der Waals surface area contributed by atoms with E-state index < -0.39 is 0 Å². The van der Waals surface area contributed by atoms with E-state index in [9.17, 15) is 4.39 Å². The molecule has 0 aliphatic heterocycles. The molecule has 1 fully saturated rings. The molecule has 0 saturated heterocycles. The molecule has 1 aromatic carbocycles. The van der Waals surface area contributed by atoms with Gasteiger partial charge in [-0.25, -0.2) is 4.39 Å². The summed E-state index contributed by atoms with van der Waals surface area (Å²) in [7, 11) is 2.12. The summed E-state index contributed by atoms with van der Waals surface area (Å²) in [6, 6.07) is 5.21. The molecule has 1 aliphatic rings. The van der Waals surface area contributed by atoms with Crippen LogP contribution in [-0.2, 0) is 0 Å². The van der Waals surface area contributed by atoms with Crippen LogP contribution in [0.5, 0.6) is 0 Å². The summed E-state index contributed by atoms with van der Waals surface area (Å²) in [6.45, 7) is 0.498. The summed E-state index contributed by atoms with van der Waals surface area (Å²) in [5.74, 6) is -0.299. The minimum Gasteiger partial charge on any atom is -0.329 e. The van der Waals surface area contributed by atoms with E-state index in [2.05, 4.69) is 11.9 Å². The largest absolute Gasteiger partial charge is 0.329 e. The summed E-state index contributed by atoms with van der Waals surface area (Å²) in [5.41, 5.74) is 6.90. The fourth-order valence-corrected chi connectivity index (χ4v) is 3.50. The van der Waals surface area contributed by atoms with Crippen LogP contribution in [0.15, 0.2) is 18.2 Å². The SMILES string of the molecule is CN(C1CCCCCC1)C(CN)c1ccc(F)cc1Cl. The summed E-state index contributed by atoms with van der Waals surface area (Å²) in [5, 5.41) is 0.473. The zero-order chi connectivity index (χ0) is 14.5. The molecule has 4 heteroatoms. The van der Waals surface area contributed by atoms with Gasteiger partial charge in [0.05, 0.1) is 0 Å². The molecule has 2 rings (SSSR count). The lowest BCUT2D eigenvalue weighted by molar-refractivity contribution is 0.161. The maximum absolute atomic E-state index is 13.2. The number of likely N-dealkylation sites (N-methyl/N-ethyl adjacent to an activating group) is 1. The first-order valence-corrected chi connectivity index (χ1v) is 7.88. The topological polar surface area (TPSA) is 29.3 Å². The second-order valence-corrected chi connectivity index (χ2v) is 6.14. The molecule has 1 unspecified atom stereocenters. The molecular formula is C16H24ClFN2. The van der Waals surface area contributed by atoms with Crippen molar-refractivity contribution in [1.82, 2.24) is 4.90 Å². The zero-order valence-corrected chi connectivity index (χ0v) is 12.9. The summed E-state index contributed by atoms with van der Waals surface area (Å²) < 4.78 is 13.2. The molecule has 20 heavy (non-hydrogen) atoms. The maximum atomic E-state index is 13.2. The van der Waals surface area contributed by atoms with Gasteiger partial charge in [-0.05, 0) is 37.6 Å². The van der Waals surface area contributed by atoms with Crippen molar-refractivity contribution in [3.63, 3.8) is 0 Å². The minimum atomic E-state index is -0.299. The Morgan fingerprint density at radius 2 is 1.95 bits per heavy atom. The lowest BCUT2D eigenvalue weighted by Gasteiger charge is -2.35. The predicted molar refractivity (Wildman–Crippen MR) is 82.5 cm³/mol. The average Bonchev–Trinajstić information content (AvgIpc) is 2.70. The maximum Gasteiger partial charge on any atom is 0.124 e. The van der Waals surface area contributed by atoms with Crippen LogP contribution in [0.3, 0.4) is 0 Å². The third kappa shape index (κ3) is 3.72. The highest BCUT2D eigenvalue weighted by Crippen LogP contribution is 2.31. The Hall–Kier alpha value is -0.640. The highest BCUT2D eigenvalue weighted by Gasteiger charge is 2.25. The molecule has 0 aromatic heterocycles. The second-order valence-electron chi connectivity index (χ2n) is 5.73. The summed E-state index contributed by atoms with van der Waals surface area (Å²) in [4.78, 5) is 2.34. The van der Waals surface area contributed by atoms with Gasteiger partial charge in [0.1, 0.15) is 5.82 Å². The first-order valence-electron chi connectivity index (χ1n) is 7.50. The van der Waals surface area contributed by atoms with Crippen molar-refractivity contribution < 1.29 is 4.39 Å². The fraction of sp³-hybridized carbons (Fsp3) is 0.625. The van der Waals surface area contributed by atoms with Crippen molar-refractivity contribution in [3.05, 3.63) is 34.6 Å². The summed E-state index contributed by atoms with van der Waals surface area (Å²) in [6.07, 6.45) is 7.65. The van der Waals surface area contributed by atoms with Crippen LogP contribution < -0.4 is 5.73 Å². The summed E-state index contributed by atoms with van der Waals surface area (Å²) >= 11 is 6.20. The van der Waals surface area contributed by atoms with Crippen LogP contribution in [0.2, 0.25) is 5.02 Å². The minimum absolute atomic E-state index is 0.0613. The lowest BCUT2D eigenvalue weighted by atomic mass is 10.0. The lowest BCUT2D eigenvalue weighted by Crippen LogP contribution is -2.38. The van der Waals surface area contributed by atoms with Crippen LogP contribution in [0.1, 0.15) is 50.1 Å². The Morgan fingerprint density at radius 3 is 2.50 bits per heavy atom. The molecule has 1 atom stereocenters. The van der Waals surface area contributed by atoms with Gasteiger partial charge >= 0.3 is 0 Å². The molecule has 0 spiro atoms. The first-order chi connectivity index (χ1) is 9.63. The van der Waals surface area contributed by atoms with Crippen molar-refractivity contribution in [1.29, 1.82) is 0 Å². The van der Waals surface area contributed by atoms with Gasteiger partial charge in [-0.1, -0.05) is 43.4 Å². The van der Waals surface area contributed by atoms with E-state index in [-0.39, 0.29) is 11.9 Å². The molecule has 0 radical (unpaired) electrons. The second kappa shape index (κ2) is 7.39. The molecule has 1 aromatic rings. The van der Waals surface area contributed by atoms with Crippen molar-refractivity contribution in [2.75, 3.05) is 13.6 Å². The molecule has 2 nitrogen and oxygen atoms in total. The van der Waals surface area contributed by atoms with Gasteiger partial charge in [0.15, 0.2) is 0 Å². The molecular weight excluding hydrogens is 275 g/mol. The van der Waals surface area contributed by atoms with Gasteiger partial charge < -0.3 is 5.73 Å². The number of halogens is 2. The van der Waals surface area contributed by atoms with Gasteiger partial charge in [0, 0.05) is 23.7 Å². The van der Waals surface area contributed by atoms with E-state index in [0.717, 1.165) is 5.56 Å². The number of hydrogen-bond acceptors (Lipinski definition) is 2. The van der Waals surface area contributed by atoms with Gasteiger partial charge in [0.2, 0.25) is 0 Å². The predicted octanol–water partition coefficient (Wildman–Crippen LogP) is 4.13. The van der Waals surface area contributed by atoms with Crippen LogP contribution in [0.25, 0.3) is 0 Å². The third-order valence-corrected chi connectivity index (χ3v) is 4.76. The average molecular weight is 299 g/mol. The first kappa shape index (κ1) is 15.7. The van der Waals surface area contributed by atoms with Crippen LogP contribution in [0.4, 0.5) is 4.39 Å². The van der Waals surface area contributed by atoms with Gasteiger partial charge in [-0.15, -0.1) is 0 Å². The molecule has 1 aliphatic carbocycles. The van der Waals surface area contributed by atoms with E-state index in [0.29, 0.717) is 17.6 Å². The smallest absolute Gasteiger partial charge is 0.124 e. The number of nitrogens with two attached hydrogens (primary N) is 1. The molecule has 0 heterocycles. The standard InChI is InChI=1S/C16H24ClFN2/c1-20(13-6-4-2-3-5-7-13)16(11-19)14-9-8-12(18)10-15(14)17/h8-10,13,16H,2-7,11,19H2,1H3. The Balaban J connectivity index is 2.17. The normalized spacial score (nSPS) is 19.1. The van der Waals surface area contributed by atoms with E-state index in [1.807, 2.05) is 0 Å². The highest BCUT2D eigenvalue weighted by atomic mass is 35.5. The van der Waals surface area contributed by atoms with Gasteiger partial charge in [-0.3, -0.25) is 4.90 Å². The van der Waals surface area contributed by atoms with E-state index in [4.69, 9.17) is 17.3 Å². The van der Waals surface area contributed by atoms with Crippen molar-refractivity contribution in [2.45, 2.75) is 50.6 Å². The van der Waals surface area contributed by atoms with Crippen molar-refractivity contribution in [2.24, 2.45) is 5.73 Å². The number of benzene rings is 1. The highest BCUT2D eigenvalue weighted by molar-refractivity contribution is 6.31. The molecule has 0 bridgehead atoms. The number of nitrogens with zero attached hydrogens (tertiary/aromatic N) is 1. The van der Waals surface area contributed by atoms with Crippen molar-refractivity contribution >= 4 is 11.6 Å². The molecule has 0 amide bonds. The molecule has 112 valence electrons.